The molecule has 4 aromatic rings. The highest BCUT2D eigenvalue weighted by atomic mass is 32.2. The van der Waals surface area contributed by atoms with E-state index in [4.69, 9.17) is 0 Å². The number of H-pyrrole nitrogens is 1. The molecule has 0 saturated carbocycles. The molecule has 0 radical (unpaired) electrons. The molecule has 0 aliphatic rings. The van der Waals surface area contributed by atoms with Crippen LogP contribution >= 0.6 is 0 Å². The van der Waals surface area contributed by atoms with Crippen LogP contribution in [0.1, 0.15) is 5.56 Å². The van der Waals surface area contributed by atoms with Crippen LogP contribution in [0.25, 0.3) is 22.0 Å². The lowest BCUT2D eigenvalue weighted by Crippen LogP contribution is -2.15. The first-order valence-electron chi connectivity index (χ1n) is 9.21. The van der Waals surface area contributed by atoms with Crippen LogP contribution in [0.5, 0.6) is 0 Å². The fourth-order valence-corrected chi connectivity index (χ4v) is 4.23. The largest absolute Gasteiger partial charge is 0.356 e. The van der Waals surface area contributed by atoms with Crippen molar-refractivity contribution in [1.29, 1.82) is 0 Å². The standard InChI is InChI=1S/C22H20FN3O3S/c1-26-10-9-17-19(12-24-21(17)22(26)27)18-11-14(13-30(2,28)29)3-8-20(18)25-16-6-4-15(23)5-7-16/h3-12,24-25H,13H2,1-2H3. The van der Waals surface area contributed by atoms with Crippen LogP contribution < -0.4 is 10.9 Å². The van der Waals surface area contributed by atoms with Gasteiger partial charge in [0.1, 0.15) is 11.3 Å². The summed E-state index contributed by atoms with van der Waals surface area (Å²) in [5.74, 6) is -0.433. The number of sulfone groups is 1. The zero-order valence-corrected chi connectivity index (χ0v) is 17.3. The molecule has 0 bridgehead atoms. The molecule has 2 aromatic heterocycles. The number of pyridine rings is 1. The molecule has 30 heavy (non-hydrogen) atoms. The molecular weight excluding hydrogens is 405 g/mol. The van der Waals surface area contributed by atoms with Crippen LogP contribution in [0, 0.1) is 5.82 Å². The Labute approximate surface area is 172 Å². The highest BCUT2D eigenvalue weighted by molar-refractivity contribution is 7.89. The number of nitrogens with zero attached hydrogens (tertiary/aromatic N) is 1. The molecular formula is C22H20FN3O3S. The Morgan fingerprint density at radius 1 is 1.07 bits per heavy atom. The van der Waals surface area contributed by atoms with Crippen molar-refractivity contribution in [2.24, 2.45) is 7.05 Å². The van der Waals surface area contributed by atoms with E-state index in [2.05, 4.69) is 10.3 Å². The third-order valence-electron chi connectivity index (χ3n) is 4.85. The fourth-order valence-electron chi connectivity index (χ4n) is 3.44. The van der Waals surface area contributed by atoms with Gasteiger partial charge in [0.05, 0.1) is 5.75 Å². The summed E-state index contributed by atoms with van der Waals surface area (Å²) >= 11 is 0. The second-order valence-electron chi connectivity index (χ2n) is 7.30. The van der Waals surface area contributed by atoms with Gasteiger partial charge in [-0.05, 0) is 48.0 Å². The van der Waals surface area contributed by atoms with Crippen molar-refractivity contribution in [3.63, 3.8) is 0 Å². The molecule has 0 fully saturated rings. The predicted octanol–water partition coefficient (Wildman–Crippen LogP) is 3.96. The number of benzene rings is 2. The molecule has 4 rings (SSSR count). The van der Waals surface area contributed by atoms with E-state index in [9.17, 15) is 17.6 Å². The lowest BCUT2D eigenvalue weighted by molar-refractivity contribution is 0.601. The minimum absolute atomic E-state index is 0.0963. The molecule has 6 nitrogen and oxygen atoms in total. The number of halogens is 1. The molecule has 0 atom stereocenters. The summed E-state index contributed by atoms with van der Waals surface area (Å²) in [6, 6.07) is 13.1. The number of aromatic amines is 1. The molecule has 2 aromatic carbocycles. The number of rotatable bonds is 5. The van der Waals surface area contributed by atoms with E-state index in [-0.39, 0.29) is 17.1 Å². The van der Waals surface area contributed by atoms with E-state index >= 15 is 0 Å². The van der Waals surface area contributed by atoms with Crippen LogP contribution in [0.2, 0.25) is 0 Å². The first-order valence-corrected chi connectivity index (χ1v) is 11.3. The maximum Gasteiger partial charge on any atom is 0.274 e. The highest BCUT2D eigenvalue weighted by Gasteiger charge is 2.15. The lowest BCUT2D eigenvalue weighted by atomic mass is 10.0. The van der Waals surface area contributed by atoms with Crippen LogP contribution in [0.4, 0.5) is 15.8 Å². The Kier molecular flexibility index (Phi) is 4.95. The molecule has 0 aliphatic carbocycles. The molecule has 0 amide bonds. The molecule has 0 saturated heterocycles. The highest BCUT2D eigenvalue weighted by Crippen LogP contribution is 2.35. The van der Waals surface area contributed by atoms with E-state index in [1.807, 2.05) is 6.07 Å². The molecule has 8 heteroatoms. The molecule has 154 valence electrons. The van der Waals surface area contributed by atoms with Gasteiger partial charge in [0.25, 0.3) is 5.56 Å². The maximum atomic E-state index is 13.3. The number of hydrogen-bond donors (Lipinski definition) is 2. The van der Waals surface area contributed by atoms with Crippen molar-refractivity contribution in [3.8, 4) is 11.1 Å². The summed E-state index contributed by atoms with van der Waals surface area (Å²) in [7, 11) is -1.54. The zero-order chi connectivity index (χ0) is 21.5. The predicted molar refractivity (Wildman–Crippen MR) is 117 cm³/mol. The fraction of sp³-hybridized carbons (Fsp3) is 0.136. The Morgan fingerprint density at radius 2 is 1.80 bits per heavy atom. The number of aromatic nitrogens is 2. The topological polar surface area (TPSA) is 84.0 Å². The van der Waals surface area contributed by atoms with Gasteiger partial charge >= 0.3 is 0 Å². The summed E-state index contributed by atoms with van der Waals surface area (Å²) in [5, 5.41) is 3.99. The van der Waals surface area contributed by atoms with Gasteiger partial charge in [0, 0.05) is 53.6 Å². The molecule has 0 spiro atoms. The Morgan fingerprint density at radius 3 is 2.50 bits per heavy atom. The van der Waals surface area contributed by atoms with Gasteiger partial charge in [0.15, 0.2) is 9.84 Å². The van der Waals surface area contributed by atoms with E-state index in [1.54, 1.807) is 49.8 Å². The van der Waals surface area contributed by atoms with Gasteiger partial charge in [-0.15, -0.1) is 0 Å². The van der Waals surface area contributed by atoms with Gasteiger partial charge in [-0.3, -0.25) is 4.79 Å². The van der Waals surface area contributed by atoms with E-state index < -0.39 is 9.84 Å². The lowest BCUT2D eigenvalue weighted by Gasteiger charge is -2.14. The van der Waals surface area contributed by atoms with Crippen molar-refractivity contribution in [2.45, 2.75) is 5.75 Å². The van der Waals surface area contributed by atoms with E-state index in [0.29, 0.717) is 22.5 Å². The number of aryl methyl sites for hydroxylation is 1. The van der Waals surface area contributed by atoms with Crippen molar-refractivity contribution in [3.05, 3.63) is 82.7 Å². The molecule has 0 unspecified atom stereocenters. The second kappa shape index (κ2) is 7.46. The first-order chi connectivity index (χ1) is 14.2. The van der Waals surface area contributed by atoms with Gasteiger partial charge in [-0.1, -0.05) is 6.07 Å². The van der Waals surface area contributed by atoms with Crippen molar-refractivity contribution < 1.29 is 12.8 Å². The van der Waals surface area contributed by atoms with Gasteiger partial charge < -0.3 is 14.9 Å². The first kappa shape index (κ1) is 19.9. The molecule has 0 aliphatic heterocycles. The summed E-state index contributed by atoms with van der Waals surface area (Å²) in [6.07, 6.45) is 4.61. The van der Waals surface area contributed by atoms with Gasteiger partial charge in [-0.25, -0.2) is 12.8 Å². The number of anilines is 2. The minimum atomic E-state index is -3.22. The SMILES string of the molecule is Cn1ccc2c(-c3cc(CS(C)(=O)=O)ccc3Nc3ccc(F)cc3)c[nH]c2c1=O. The van der Waals surface area contributed by atoms with E-state index in [1.165, 1.54) is 23.0 Å². The van der Waals surface area contributed by atoms with Crippen LogP contribution in [-0.2, 0) is 22.6 Å². The summed E-state index contributed by atoms with van der Waals surface area (Å²) in [6.45, 7) is 0. The average molecular weight is 425 g/mol. The van der Waals surface area contributed by atoms with E-state index in [0.717, 1.165) is 16.5 Å². The van der Waals surface area contributed by atoms with Crippen molar-refractivity contribution in [2.75, 3.05) is 11.6 Å². The monoisotopic (exact) mass is 425 g/mol. The summed E-state index contributed by atoms with van der Waals surface area (Å²) in [4.78, 5) is 15.5. The minimum Gasteiger partial charge on any atom is -0.356 e. The zero-order valence-electron chi connectivity index (χ0n) is 16.4. The molecule has 2 heterocycles. The normalized spacial score (nSPS) is 11.7. The number of nitrogens with one attached hydrogen (secondary N) is 2. The quantitative estimate of drug-likeness (QED) is 0.507. The third-order valence-corrected chi connectivity index (χ3v) is 5.70. The summed E-state index contributed by atoms with van der Waals surface area (Å²) < 4.78 is 38.3. The maximum absolute atomic E-state index is 13.3. The Hall–Kier alpha value is -3.39. The summed E-state index contributed by atoms with van der Waals surface area (Å²) in [5.41, 5.74) is 3.85. The van der Waals surface area contributed by atoms with Crippen LogP contribution in [0.3, 0.4) is 0 Å². The number of hydrogen-bond acceptors (Lipinski definition) is 4. The third kappa shape index (κ3) is 3.99. The van der Waals surface area contributed by atoms with Gasteiger partial charge in [-0.2, -0.15) is 0 Å². The smallest absolute Gasteiger partial charge is 0.274 e. The molecule has 2 N–H and O–H groups in total. The van der Waals surface area contributed by atoms with Crippen molar-refractivity contribution in [1.82, 2.24) is 9.55 Å². The van der Waals surface area contributed by atoms with Gasteiger partial charge in [0.2, 0.25) is 0 Å². The Bertz CT molecular complexity index is 1400. The average Bonchev–Trinajstić information content (AvgIpc) is 3.11. The van der Waals surface area contributed by atoms with Crippen LogP contribution in [0.15, 0.2) is 65.7 Å². The number of fused-ring (bicyclic) bond motifs is 1. The Balaban J connectivity index is 1.88. The van der Waals surface area contributed by atoms with Crippen LogP contribution in [-0.4, -0.2) is 24.2 Å². The van der Waals surface area contributed by atoms with Crippen molar-refractivity contribution >= 4 is 32.1 Å². The second-order valence-corrected chi connectivity index (χ2v) is 9.44.